The molecule has 3 N–H and O–H groups in total. The van der Waals surface area contributed by atoms with Crippen molar-refractivity contribution in [3.8, 4) is 34.5 Å². The zero-order valence-corrected chi connectivity index (χ0v) is 24.0. The van der Waals surface area contributed by atoms with Crippen LogP contribution in [-0.4, -0.2) is 63.5 Å². The number of anilines is 2. The van der Waals surface area contributed by atoms with Gasteiger partial charge in [0, 0.05) is 43.8 Å². The fraction of sp³-hybridized carbons (Fsp3) is 0.188. The standard InChI is InChI=1S/C32H27FN12/c33-21-5-8-25(38-17-21)26-18-39-30-32(41-26)45(31(43-30)24-2-1-12-37-29(24)35)23-6-3-20(4-7-23)19-44-14-10-22(11-15-44)40-27-9-13-36-28(16-34)42-27/h1-9,12-13,17-18,22H,10-11,14-15,19H2,(H2,35,37)(H,36,40,42). The van der Waals surface area contributed by atoms with Gasteiger partial charge in [0.05, 0.1) is 23.7 Å². The highest BCUT2D eigenvalue weighted by Crippen LogP contribution is 2.31. The largest absolute Gasteiger partial charge is 0.383 e. The van der Waals surface area contributed by atoms with Crippen LogP contribution in [0.1, 0.15) is 24.2 Å². The van der Waals surface area contributed by atoms with Crippen LogP contribution in [0.15, 0.2) is 79.4 Å². The van der Waals surface area contributed by atoms with Crippen LogP contribution in [0, 0.1) is 17.1 Å². The number of piperidine rings is 1. The Kier molecular flexibility index (Phi) is 7.46. The Balaban J connectivity index is 1.13. The molecule has 0 unspecified atom stereocenters. The van der Waals surface area contributed by atoms with Crippen molar-refractivity contribution < 1.29 is 4.39 Å². The minimum Gasteiger partial charge on any atom is -0.383 e. The summed E-state index contributed by atoms with van der Waals surface area (Å²) in [4.78, 5) is 33.2. The number of pyridine rings is 2. The summed E-state index contributed by atoms with van der Waals surface area (Å²) in [7, 11) is 0. The number of nitriles is 1. The average molecular weight is 599 g/mol. The zero-order chi connectivity index (χ0) is 30.8. The molecule has 0 spiro atoms. The molecule has 0 amide bonds. The molecule has 12 nitrogen and oxygen atoms in total. The van der Waals surface area contributed by atoms with E-state index in [0.29, 0.717) is 45.7 Å². The van der Waals surface area contributed by atoms with Gasteiger partial charge in [-0.05, 0) is 60.9 Å². The van der Waals surface area contributed by atoms with Gasteiger partial charge < -0.3 is 11.1 Å². The minimum absolute atomic E-state index is 0.165. The van der Waals surface area contributed by atoms with E-state index in [2.05, 4.69) is 47.3 Å². The molecule has 1 aliphatic heterocycles. The van der Waals surface area contributed by atoms with E-state index in [4.69, 9.17) is 21.0 Å². The van der Waals surface area contributed by atoms with Crippen molar-refractivity contribution in [2.45, 2.75) is 25.4 Å². The van der Waals surface area contributed by atoms with E-state index in [1.54, 1.807) is 30.7 Å². The Hall–Kier alpha value is -5.87. The molecule has 6 heterocycles. The van der Waals surface area contributed by atoms with Crippen LogP contribution in [0.2, 0.25) is 0 Å². The summed E-state index contributed by atoms with van der Waals surface area (Å²) in [5.74, 6) is 1.33. The lowest BCUT2D eigenvalue weighted by Gasteiger charge is -2.32. The Morgan fingerprint density at radius 1 is 0.889 bits per heavy atom. The summed E-state index contributed by atoms with van der Waals surface area (Å²) in [5.41, 5.74) is 10.9. The number of aromatic nitrogens is 8. The summed E-state index contributed by atoms with van der Waals surface area (Å²) in [6.45, 7) is 2.68. The van der Waals surface area contributed by atoms with Crippen molar-refractivity contribution in [2.75, 3.05) is 24.1 Å². The fourth-order valence-corrected chi connectivity index (χ4v) is 5.48. The third-order valence-corrected chi connectivity index (χ3v) is 7.74. The molecule has 222 valence electrons. The number of halogens is 1. The van der Waals surface area contributed by atoms with Crippen LogP contribution in [0.25, 0.3) is 39.8 Å². The van der Waals surface area contributed by atoms with Crippen molar-refractivity contribution in [1.82, 2.24) is 44.4 Å². The number of hydrogen-bond acceptors (Lipinski definition) is 11. The first-order valence-electron chi connectivity index (χ1n) is 14.4. The van der Waals surface area contributed by atoms with Crippen LogP contribution in [0.5, 0.6) is 0 Å². The van der Waals surface area contributed by atoms with Gasteiger partial charge in [0.25, 0.3) is 0 Å². The van der Waals surface area contributed by atoms with Crippen LogP contribution in [0.4, 0.5) is 16.0 Å². The van der Waals surface area contributed by atoms with Crippen molar-refractivity contribution in [3.63, 3.8) is 0 Å². The van der Waals surface area contributed by atoms with Crippen molar-refractivity contribution >= 4 is 22.9 Å². The lowest BCUT2D eigenvalue weighted by Crippen LogP contribution is -2.38. The monoisotopic (exact) mass is 598 g/mol. The second-order valence-electron chi connectivity index (χ2n) is 10.7. The van der Waals surface area contributed by atoms with Crippen LogP contribution in [0.3, 0.4) is 0 Å². The topological polar surface area (TPSA) is 160 Å². The van der Waals surface area contributed by atoms with E-state index in [0.717, 1.165) is 44.4 Å². The van der Waals surface area contributed by atoms with Gasteiger partial charge in [-0.25, -0.2) is 34.3 Å². The third-order valence-electron chi connectivity index (χ3n) is 7.74. The number of benzene rings is 1. The van der Waals surface area contributed by atoms with E-state index < -0.39 is 5.82 Å². The Morgan fingerprint density at radius 3 is 2.49 bits per heavy atom. The van der Waals surface area contributed by atoms with Gasteiger partial charge in [-0.15, -0.1) is 0 Å². The van der Waals surface area contributed by atoms with Gasteiger partial charge in [-0.1, -0.05) is 12.1 Å². The average Bonchev–Trinajstić information content (AvgIpc) is 3.45. The van der Waals surface area contributed by atoms with Gasteiger partial charge in [-0.3, -0.25) is 14.5 Å². The van der Waals surface area contributed by atoms with Crippen LogP contribution >= 0.6 is 0 Å². The first-order chi connectivity index (χ1) is 22.0. The molecule has 1 aromatic carbocycles. The van der Waals surface area contributed by atoms with Crippen LogP contribution < -0.4 is 11.1 Å². The first-order valence-corrected chi connectivity index (χ1v) is 14.4. The number of fused-ring (bicyclic) bond motifs is 1. The van der Waals surface area contributed by atoms with Gasteiger partial charge in [-0.2, -0.15) is 5.26 Å². The number of imidazole rings is 1. The van der Waals surface area contributed by atoms with Gasteiger partial charge >= 0.3 is 0 Å². The first kappa shape index (κ1) is 27.9. The molecule has 0 atom stereocenters. The third kappa shape index (κ3) is 5.86. The van der Waals surface area contributed by atoms with E-state index in [1.165, 1.54) is 11.6 Å². The van der Waals surface area contributed by atoms with Crippen molar-refractivity contribution in [2.24, 2.45) is 0 Å². The highest BCUT2D eigenvalue weighted by atomic mass is 19.1. The number of hydrogen-bond donors (Lipinski definition) is 2. The van der Waals surface area contributed by atoms with Crippen molar-refractivity contribution in [3.05, 3.63) is 96.6 Å². The second-order valence-corrected chi connectivity index (χ2v) is 10.7. The molecule has 0 aliphatic carbocycles. The molecule has 7 rings (SSSR count). The molecular formula is C32H27FN12. The Bertz CT molecular complexity index is 2010. The van der Waals surface area contributed by atoms with E-state index in [1.807, 2.05) is 34.9 Å². The van der Waals surface area contributed by atoms with E-state index in [9.17, 15) is 4.39 Å². The van der Waals surface area contributed by atoms with E-state index in [-0.39, 0.29) is 11.9 Å². The number of nitrogen functional groups attached to an aromatic ring is 1. The molecule has 6 aromatic rings. The summed E-state index contributed by atoms with van der Waals surface area (Å²) in [5, 5.41) is 12.5. The summed E-state index contributed by atoms with van der Waals surface area (Å²) in [6.07, 6.45) is 7.89. The molecule has 1 fully saturated rings. The highest BCUT2D eigenvalue weighted by Gasteiger charge is 2.22. The maximum absolute atomic E-state index is 13.5. The number of nitrogens with two attached hydrogens (primary N) is 1. The van der Waals surface area contributed by atoms with Gasteiger partial charge in [0.15, 0.2) is 17.1 Å². The predicted molar refractivity (Wildman–Crippen MR) is 166 cm³/mol. The molecule has 5 aromatic heterocycles. The number of nitrogens with zero attached hydrogens (tertiary/aromatic N) is 10. The van der Waals surface area contributed by atoms with Crippen molar-refractivity contribution in [1.29, 1.82) is 5.26 Å². The summed E-state index contributed by atoms with van der Waals surface area (Å²) >= 11 is 0. The molecule has 0 bridgehead atoms. The lowest BCUT2D eigenvalue weighted by atomic mass is 10.0. The van der Waals surface area contributed by atoms with Gasteiger partial charge in [0.2, 0.25) is 5.82 Å². The quantitative estimate of drug-likeness (QED) is 0.268. The number of likely N-dealkylation sites (tertiary alicyclic amines) is 1. The maximum Gasteiger partial charge on any atom is 0.234 e. The Labute approximate surface area is 257 Å². The SMILES string of the molecule is N#Cc1nccc(NC2CCN(Cc3ccc(-n4c(-c5cccnc5N)nc5ncc(-c6ccc(F)cn6)nc54)cc3)CC2)n1. The molecule has 1 aliphatic rings. The zero-order valence-electron chi connectivity index (χ0n) is 24.0. The normalized spacial score (nSPS) is 14.0. The molecule has 1 saturated heterocycles. The maximum atomic E-state index is 13.5. The smallest absolute Gasteiger partial charge is 0.234 e. The molecule has 45 heavy (non-hydrogen) atoms. The second kappa shape index (κ2) is 12.0. The summed E-state index contributed by atoms with van der Waals surface area (Å²) < 4.78 is 15.4. The Morgan fingerprint density at radius 2 is 1.73 bits per heavy atom. The summed E-state index contributed by atoms with van der Waals surface area (Å²) in [6, 6.07) is 18.9. The van der Waals surface area contributed by atoms with Gasteiger partial charge in [0.1, 0.15) is 29.2 Å². The highest BCUT2D eigenvalue weighted by molar-refractivity contribution is 5.81. The lowest BCUT2D eigenvalue weighted by molar-refractivity contribution is 0.211. The van der Waals surface area contributed by atoms with Crippen LogP contribution in [-0.2, 0) is 6.54 Å². The fourth-order valence-electron chi connectivity index (χ4n) is 5.48. The molecule has 0 radical (unpaired) electrons. The minimum atomic E-state index is -0.425. The predicted octanol–water partition coefficient (Wildman–Crippen LogP) is 4.40. The molecule has 13 heteroatoms. The molecule has 0 saturated carbocycles. The number of rotatable bonds is 7. The van der Waals surface area contributed by atoms with E-state index >= 15 is 0 Å². The number of nitrogens with one attached hydrogen (secondary N) is 1. The molecular weight excluding hydrogens is 571 g/mol.